The van der Waals surface area contributed by atoms with Crippen LogP contribution in [0.1, 0.15) is 124 Å². The third kappa shape index (κ3) is 7.33. The van der Waals surface area contributed by atoms with Crippen molar-refractivity contribution >= 4 is 15.8 Å². The predicted octanol–water partition coefficient (Wildman–Crippen LogP) is 9.42. The normalized spacial score (nSPS) is 41.4. The lowest BCUT2D eigenvalue weighted by atomic mass is 9.33. The minimum atomic E-state index is -2.95. The van der Waals surface area contributed by atoms with Crippen molar-refractivity contribution < 1.29 is 27.4 Å². The van der Waals surface area contributed by atoms with E-state index in [1.54, 1.807) is 0 Å². The van der Waals surface area contributed by atoms with Crippen LogP contribution in [0.5, 0.6) is 0 Å². The number of carbonyl (C=O) groups is 1. The predicted molar refractivity (Wildman–Crippen MR) is 238 cm³/mol. The number of ether oxygens (including phenoxy) is 1. The number of sulfone groups is 1. The van der Waals surface area contributed by atoms with Gasteiger partial charge in [-0.2, -0.15) is 0 Å². The van der Waals surface area contributed by atoms with Crippen molar-refractivity contribution in [1.29, 1.82) is 0 Å². The summed E-state index contributed by atoms with van der Waals surface area (Å²) in [5, 5.41) is 15.4. The van der Waals surface area contributed by atoms with Crippen LogP contribution in [-0.4, -0.2) is 80.4 Å². The number of carbonyl (C=O) groups excluding carboxylic acids is 1. The molecule has 8 rings (SSSR count). The van der Waals surface area contributed by atoms with Crippen LogP contribution in [0.15, 0.2) is 65.8 Å². The molecule has 0 spiro atoms. The zero-order chi connectivity index (χ0) is 42.9. The first-order valence-electron chi connectivity index (χ1n) is 23.5. The van der Waals surface area contributed by atoms with Crippen LogP contribution < -0.4 is 5.32 Å². The van der Waals surface area contributed by atoms with Gasteiger partial charge in [-0.15, -0.1) is 0 Å². The average molecular weight is 847 g/mol. The summed E-state index contributed by atoms with van der Waals surface area (Å²) >= 11 is 0. The molecule has 11 unspecified atom stereocenters. The Morgan fingerprint density at radius 3 is 2.33 bits per heavy atom. The number of rotatable bonds is 11. The summed E-state index contributed by atoms with van der Waals surface area (Å²) in [4.78, 5) is 15.5. The molecular weight excluding hydrogens is 772 g/mol. The number of hydrogen-bond donors (Lipinski definition) is 2. The zero-order valence-corrected chi connectivity index (χ0v) is 38.5. The molecule has 7 aliphatic rings. The second kappa shape index (κ2) is 16.0. The number of esters is 1. The van der Waals surface area contributed by atoms with E-state index in [1.165, 1.54) is 48.8 Å². The molecule has 2 N–H and O–H groups in total. The molecule has 4 saturated carbocycles. The minimum absolute atomic E-state index is 0.0130. The van der Waals surface area contributed by atoms with Gasteiger partial charge in [0.1, 0.15) is 13.3 Å². The minimum Gasteiger partial charge on any atom is -0.460 e. The van der Waals surface area contributed by atoms with Crippen molar-refractivity contribution in [2.24, 2.45) is 56.7 Å². The van der Waals surface area contributed by atoms with Gasteiger partial charge in [-0.05, 0) is 152 Å². The standard InChI is InChI=1S/C51H75FN2O5S/c1-35(2)39-17-24-51(53-31-38(55)32-54-27-29-60(57,58)30-28-54)26-25-48(6)41(44(39)51)13-14-43-47(5)20-18-40(46(3,4)42(47)19-21-49(43,48)7)37-15-22-50(34-52,23-16-37)45(56)59-33-36-11-9-8-10-12-36/h8-12,15,18,38-39,41-44,53,55H,1,13-14,16-17,19-34H2,2-7H3. The lowest BCUT2D eigenvalue weighted by Gasteiger charge is -2.72. The van der Waals surface area contributed by atoms with Crippen LogP contribution in [0, 0.1) is 56.7 Å². The molecule has 1 heterocycles. The second-order valence-electron chi connectivity index (χ2n) is 22.3. The van der Waals surface area contributed by atoms with Crippen LogP contribution in [0.3, 0.4) is 0 Å². The molecule has 6 aliphatic carbocycles. The molecule has 0 radical (unpaired) electrons. The number of aliphatic hydroxyl groups is 1. The number of fused-ring (bicyclic) bond motifs is 7. The van der Waals surface area contributed by atoms with E-state index in [4.69, 9.17) is 4.74 Å². The summed E-state index contributed by atoms with van der Waals surface area (Å²) in [6.45, 7) is 21.3. The Morgan fingerprint density at radius 2 is 1.67 bits per heavy atom. The highest BCUT2D eigenvalue weighted by Gasteiger charge is 2.70. The SMILES string of the molecule is C=C(C)C1CCC2(NCC(O)CN3CCS(=O)(=O)CC3)CCC3(C)C(CCC4C5(C)CC=C(C6=CCC(CF)(C(=O)OCc7ccccc7)CC6)C(C)(C)C5CCC43C)C12. The Bertz CT molecular complexity index is 1970. The molecule has 5 fully saturated rings. The topological polar surface area (TPSA) is 95.9 Å². The number of aliphatic hydroxyl groups excluding tert-OH is 1. The third-order valence-corrected chi connectivity index (χ3v) is 20.7. The first-order valence-corrected chi connectivity index (χ1v) is 25.3. The van der Waals surface area contributed by atoms with Crippen molar-refractivity contribution in [3.63, 3.8) is 0 Å². The molecule has 9 heteroatoms. The summed E-state index contributed by atoms with van der Waals surface area (Å²) in [7, 11) is -2.95. The highest BCUT2D eigenvalue weighted by Crippen LogP contribution is 2.76. The number of benzene rings is 1. The Hall–Kier alpha value is -2.33. The lowest BCUT2D eigenvalue weighted by molar-refractivity contribution is -0.221. The first kappa shape index (κ1) is 44.3. The van der Waals surface area contributed by atoms with Crippen molar-refractivity contribution in [3.8, 4) is 0 Å². The Balaban J connectivity index is 0.988. The van der Waals surface area contributed by atoms with Gasteiger partial charge in [-0.1, -0.05) is 89.3 Å². The van der Waals surface area contributed by atoms with Gasteiger partial charge in [-0.25, -0.2) is 12.8 Å². The molecule has 0 bridgehead atoms. The third-order valence-electron chi connectivity index (χ3n) is 19.1. The number of hydrogen-bond acceptors (Lipinski definition) is 7. The number of alkyl halides is 1. The number of allylic oxidation sites excluding steroid dienone is 5. The number of nitrogens with zero attached hydrogens (tertiary/aromatic N) is 1. The number of β-amino-alcohol motifs (C(OH)–C–C–N with tert-alkyl or cyclic N) is 1. The largest absolute Gasteiger partial charge is 0.460 e. The fourth-order valence-corrected chi connectivity index (χ4v) is 16.9. The summed E-state index contributed by atoms with van der Waals surface area (Å²) in [6.07, 6.45) is 16.3. The Morgan fingerprint density at radius 1 is 0.933 bits per heavy atom. The van der Waals surface area contributed by atoms with Crippen LogP contribution in [0.25, 0.3) is 0 Å². The first-order chi connectivity index (χ1) is 28.3. The molecule has 1 aromatic carbocycles. The van der Waals surface area contributed by atoms with E-state index in [-0.39, 0.29) is 45.3 Å². The van der Waals surface area contributed by atoms with Crippen molar-refractivity contribution in [2.45, 2.75) is 137 Å². The maximum Gasteiger partial charge on any atom is 0.315 e. The average Bonchev–Trinajstić information content (AvgIpc) is 3.61. The fraction of sp³-hybridized carbons (Fsp3) is 0.745. The van der Waals surface area contributed by atoms with Crippen LogP contribution in [0.2, 0.25) is 0 Å². The fourth-order valence-electron chi connectivity index (χ4n) is 15.6. The molecule has 1 aromatic rings. The summed E-state index contributed by atoms with van der Waals surface area (Å²) in [5.74, 6) is 2.65. The van der Waals surface area contributed by atoms with Gasteiger partial charge in [0.15, 0.2) is 9.84 Å². The highest BCUT2D eigenvalue weighted by atomic mass is 32.2. The molecule has 0 aromatic heterocycles. The van der Waals surface area contributed by atoms with Gasteiger partial charge >= 0.3 is 5.97 Å². The van der Waals surface area contributed by atoms with Crippen molar-refractivity contribution in [3.05, 3.63) is 71.3 Å². The van der Waals surface area contributed by atoms with Gasteiger partial charge in [0.25, 0.3) is 0 Å². The molecule has 0 amide bonds. The van der Waals surface area contributed by atoms with Gasteiger partial charge < -0.3 is 15.2 Å². The van der Waals surface area contributed by atoms with Gasteiger partial charge in [0.05, 0.1) is 23.0 Å². The molecule has 60 heavy (non-hydrogen) atoms. The van der Waals surface area contributed by atoms with Gasteiger partial charge in [0.2, 0.25) is 0 Å². The van der Waals surface area contributed by atoms with Crippen LogP contribution in [0.4, 0.5) is 4.39 Å². The van der Waals surface area contributed by atoms with E-state index >= 15 is 0 Å². The highest BCUT2D eigenvalue weighted by molar-refractivity contribution is 7.91. The quantitative estimate of drug-likeness (QED) is 0.169. The second-order valence-corrected chi connectivity index (χ2v) is 24.6. The molecular formula is C51H75FN2O5S. The van der Waals surface area contributed by atoms with E-state index in [1.807, 2.05) is 30.3 Å². The molecule has 1 aliphatic heterocycles. The Labute approximate surface area is 361 Å². The maximum absolute atomic E-state index is 14.8. The maximum atomic E-state index is 14.8. The van der Waals surface area contributed by atoms with Crippen molar-refractivity contribution in [1.82, 2.24) is 10.2 Å². The summed E-state index contributed by atoms with van der Waals surface area (Å²) in [5.41, 5.74) is 4.37. The summed E-state index contributed by atoms with van der Waals surface area (Å²) in [6, 6.07) is 9.64. The van der Waals surface area contributed by atoms with Crippen molar-refractivity contribution in [2.75, 3.05) is 44.4 Å². The zero-order valence-electron chi connectivity index (χ0n) is 37.7. The van der Waals surface area contributed by atoms with E-state index in [0.717, 1.165) is 31.2 Å². The number of halogens is 1. The van der Waals surface area contributed by atoms with Gasteiger partial charge in [-0.3, -0.25) is 9.69 Å². The smallest absolute Gasteiger partial charge is 0.315 e. The van der Waals surface area contributed by atoms with E-state index < -0.39 is 34.0 Å². The van der Waals surface area contributed by atoms with Crippen LogP contribution in [-0.2, 0) is 26.0 Å². The molecule has 332 valence electrons. The van der Waals surface area contributed by atoms with E-state index in [2.05, 4.69) is 70.5 Å². The monoisotopic (exact) mass is 847 g/mol. The number of nitrogens with one attached hydrogen (secondary N) is 1. The lowest BCUT2D eigenvalue weighted by Crippen LogP contribution is -2.68. The molecule has 1 saturated heterocycles. The molecule has 11 atom stereocenters. The Kier molecular flexibility index (Phi) is 11.8. The van der Waals surface area contributed by atoms with Crippen LogP contribution >= 0.6 is 0 Å². The van der Waals surface area contributed by atoms with Gasteiger partial charge in [0, 0.05) is 31.7 Å². The van der Waals surface area contributed by atoms with E-state index in [0.29, 0.717) is 75.0 Å². The van der Waals surface area contributed by atoms with E-state index in [9.17, 15) is 22.7 Å². The molecule has 7 nitrogen and oxygen atoms in total. The summed E-state index contributed by atoms with van der Waals surface area (Å²) < 4.78 is 44.5.